The van der Waals surface area contributed by atoms with E-state index in [2.05, 4.69) is 41.7 Å². The van der Waals surface area contributed by atoms with Gasteiger partial charge < -0.3 is 10.2 Å². The molecule has 1 atom stereocenters. The Labute approximate surface area is 144 Å². The molecule has 3 nitrogen and oxygen atoms in total. The van der Waals surface area contributed by atoms with E-state index in [1.165, 1.54) is 24.0 Å². The van der Waals surface area contributed by atoms with Crippen LogP contribution in [0.4, 0.5) is 0 Å². The topological polar surface area (TPSA) is 32.3 Å². The molecule has 3 rings (SSSR count). The van der Waals surface area contributed by atoms with E-state index < -0.39 is 0 Å². The first kappa shape index (κ1) is 16.7. The highest BCUT2D eigenvalue weighted by molar-refractivity contribution is 5.81. The molecule has 1 amide bonds. The summed E-state index contributed by atoms with van der Waals surface area (Å²) < 4.78 is 0. The zero-order chi connectivity index (χ0) is 16.8. The summed E-state index contributed by atoms with van der Waals surface area (Å²) in [4.78, 5) is 14.9. The van der Waals surface area contributed by atoms with E-state index in [-0.39, 0.29) is 11.9 Å². The maximum Gasteiger partial charge on any atom is 0.239 e. The molecule has 0 radical (unpaired) electrons. The quantitative estimate of drug-likeness (QED) is 0.808. The molecule has 1 aliphatic rings. The van der Waals surface area contributed by atoms with Crippen molar-refractivity contribution in [3.8, 4) is 0 Å². The molecular weight excluding hydrogens is 296 g/mol. The lowest BCUT2D eigenvalue weighted by atomic mass is 10.1. The van der Waals surface area contributed by atoms with Crippen LogP contribution in [-0.4, -0.2) is 29.4 Å². The largest absolute Gasteiger partial charge is 0.337 e. The Hall–Kier alpha value is -2.13. The summed E-state index contributed by atoms with van der Waals surface area (Å²) in [6.45, 7) is 3.40. The van der Waals surface area contributed by atoms with E-state index >= 15 is 0 Å². The van der Waals surface area contributed by atoms with Crippen molar-refractivity contribution in [1.29, 1.82) is 0 Å². The van der Waals surface area contributed by atoms with Gasteiger partial charge in [-0.3, -0.25) is 4.79 Å². The highest BCUT2D eigenvalue weighted by atomic mass is 16.2. The van der Waals surface area contributed by atoms with E-state index in [0.717, 1.165) is 13.0 Å². The second kappa shape index (κ2) is 8.11. The third kappa shape index (κ3) is 4.93. The van der Waals surface area contributed by atoms with Gasteiger partial charge in [-0.15, -0.1) is 0 Å². The minimum Gasteiger partial charge on any atom is -0.337 e. The molecule has 126 valence electrons. The van der Waals surface area contributed by atoms with Gasteiger partial charge in [0.05, 0.1) is 6.04 Å². The van der Waals surface area contributed by atoms with Crippen LogP contribution in [-0.2, 0) is 17.8 Å². The molecule has 1 aliphatic carbocycles. The summed E-state index contributed by atoms with van der Waals surface area (Å²) in [5.41, 5.74) is 2.45. The highest BCUT2D eigenvalue weighted by Gasteiger charge is 2.28. The molecule has 0 aromatic heterocycles. The van der Waals surface area contributed by atoms with Crippen molar-refractivity contribution in [3.63, 3.8) is 0 Å². The van der Waals surface area contributed by atoms with E-state index in [1.54, 1.807) is 0 Å². The molecule has 0 spiro atoms. The average molecular weight is 322 g/mol. The van der Waals surface area contributed by atoms with Gasteiger partial charge in [0, 0.05) is 19.1 Å². The Bertz CT molecular complexity index is 637. The van der Waals surface area contributed by atoms with Gasteiger partial charge in [-0.25, -0.2) is 0 Å². The second-order valence-electron chi connectivity index (χ2n) is 6.64. The summed E-state index contributed by atoms with van der Waals surface area (Å²) in [6.07, 6.45) is 3.27. The SMILES string of the molecule is CC(NC1CC1)C(=O)N(CCc1ccccc1)Cc1ccccc1. The fraction of sp³-hybridized carbons (Fsp3) is 0.381. The third-order valence-corrected chi connectivity index (χ3v) is 4.47. The van der Waals surface area contributed by atoms with Gasteiger partial charge in [0.15, 0.2) is 0 Å². The zero-order valence-electron chi connectivity index (χ0n) is 14.3. The normalized spacial score (nSPS) is 15.0. The van der Waals surface area contributed by atoms with Crippen LogP contribution in [0.2, 0.25) is 0 Å². The van der Waals surface area contributed by atoms with E-state index in [1.807, 2.05) is 36.1 Å². The maximum absolute atomic E-state index is 12.9. The predicted molar refractivity (Wildman–Crippen MR) is 97.6 cm³/mol. The molecule has 2 aromatic rings. The second-order valence-corrected chi connectivity index (χ2v) is 6.64. The first-order valence-corrected chi connectivity index (χ1v) is 8.85. The highest BCUT2D eigenvalue weighted by Crippen LogP contribution is 2.20. The van der Waals surface area contributed by atoms with Gasteiger partial charge in [-0.2, -0.15) is 0 Å². The summed E-state index contributed by atoms with van der Waals surface area (Å²) in [7, 11) is 0. The number of hydrogen-bond acceptors (Lipinski definition) is 2. The molecule has 0 heterocycles. The number of nitrogens with one attached hydrogen (secondary N) is 1. The lowest BCUT2D eigenvalue weighted by Crippen LogP contribution is -2.46. The van der Waals surface area contributed by atoms with Crippen molar-refractivity contribution in [3.05, 3.63) is 71.8 Å². The number of hydrogen-bond donors (Lipinski definition) is 1. The number of nitrogens with zero attached hydrogens (tertiary/aromatic N) is 1. The summed E-state index contributed by atoms with van der Waals surface area (Å²) in [6, 6.07) is 21.0. The number of benzene rings is 2. The Morgan fingerprint density at radius 3 is 2.21 bits per heavy atom. The summed E-state index contributed by atoms with van der Waals surface area (Å²) in [5.74, 6) is 0.196. The van der Waals surface area contributed by atoms with Gasteiger partial charge in [0.25, 0.3) is 0 Å². The summed E-state index contributed by atoms with van der Waals surface area (Å²) >= 11 is 0. The first-order valence-electron chi connectivity index (χ1n) is 8.85. The molecule has 1 N–H and O–H groups in total. The van der Waals surface area contributed by atoms with Crippen molar-refractivity contribution >= 4 is 5.91 Å². The maximum atomic E-state index is 12.9. The Morgan fingerprint density at radius 1 is 1.04 bits per heavy atom. The van der Waals surface area contributed by atoms with Gasteiger partial charge in [-0.05, 0) is 37.3 Å². The molecule has 1 fully saturated rings. The van der Waals surface area contributed by atoms with Crippen molar-refractivity contribution < 1.29 is 4.79 Å². The number of carbonyl (C=O) groups is 1. The smallest absolute Gasteiger partial charge is 0.239 e. The minimum absolute atomic E-state index is 0.114. The van der Waals surface area contributed by atoms with Crippen molar-refractivity contribution in [2.75, 3.05) is 6.54 Å². The number of rotatable bonds is 8. The summed E-state index contributed by atoms with van der Waals surface area (Å²) in [5, 5.41) is 3.43. The van der Waals surface area contributed by atoms with Gasteiger partial charge in [0.1, 0.15) is 0 Å². The van der Waals surface area contributed by atoms with Gasteiger partial charge >= 0.3 is 0 Å². The predicted octanol–water partition coefficient (Wildman–Crippen LogP) is 3.40. The lowest BCUT2D eigenvalue weighted by Gasteiger charge is -2.26. The molecular formula is C21H26N2O. The van der Waals surface area contributed by atoms with Crippen LogP contribution in [0, 0.1) is 0 Å². The molecule has 1 saturated carbocycles. The number of amides is 1. The standard InChI is InChI=1S/C21H26N2O/c1-17(22-20-12-13-20)21(24)23(16-19-10-6-3-7-11-19)15-14-18-8-4-2-5-9-18/h2-11,17,20,22H,12-16H2,1H3. The van der Waals surface area contributed by atoms with Gasteiger partial charge in [-0.1, -0.05) is 60.7 Å². The van der Waals surface area contributed by atoms with Crippen LogP contribution in [0.5, 0.6) is 0 Å². The molecule has 0 aliphatic heterocycles. The van der Waals surface area contributed by atoms with Crippen molar-refractivity contribution in [2.45, 2.75) is 44.8 Å². The Balaban J connectivity index is 1.65. The van der Waals surface area contributed by atoms with Crippen LogP contribution in [0.25, 0.3) is 0 Å². The monoisotopic (exact) mass is 322 g/mol. The fourth-order valence-corrected chi connectivity index (χ4v) is 2.93. The van der Waals surface area contributed by atoms with Crippen LogP contribution in [0.15, 0.2) is 60.7 Å². The van der Waals surface area contributed by atoms with Gasteiger partial charge in [0.2, 0.25) is 5.91 Å². The lowest BCUT2D eigenvalue weighted by molar-refractivity contribution is -0.133. The van der Waals surface area contributed by atoms with Crippen LogP contribution < -0.4 is 5.32 Å². The third-order valence-electron chi connectivity index (χ3n) is 4.47. The van der Waals surface area contributed by atoms with E-state index in [0.29, 0.717) is 12.6 Å². The average Bonchev–Trinajstić information content (AvgIpc) is 3.43. The minimum atomic E-state index is -0.114. The van der Waals surface area contributed by atoms with E-state index in [9.17, 15) is 4.79 Å². The molecule has 2 aromatic carbocycles. The van der Waals surface area contributed by atoms with E-state index in [4.69, 9.17) is 0 Å². The molecule has 0 saturated heterocycles. The number of carbonyl (C=O) groups excluding carboxylic acids is 1. The Morgan fingerprint density at radius 2 is 1.62 bits per heavy atom. The molecule has 3 heteroatoms. The molecule has 0 bridgehead atoms. The molecule has 1 unspecified atom stereocenters. The van der Waals surface area contributed by atoms with Crippen LogP contribution in [0.1, 0.15) is 30.9 Å². The van der Waals surface area contributed by atoms with Crippen molar-refractivity contribution in [1.82, 2.24) is 10.2 Å². The zero-order valence-corrected chi connectivity index (χ0v) is 14.3. The van der Waals surface area contributed by atoms with Crippen LogP contribution in [0.3, 0.4) is 0 Å². The van der Waals surface area contributed by atoms with Crippen molar-refractivity contribution in [2.24, 2.45) is 0 Å². The molecule has 24 heavy (non-hydrogen) atoms. The van der Waals surface area contributed by atoms with Crippen LogP contribution >= 0.6 is 0 Å². The Kier molecular flexibility index (Phi) is 5.65. The first-order chi connectivity index (χ1) is 11.7. The fourth-order valence-electron chi connectivity index (χ4n) is 2.93.